The van der Waals surface area contributed by atoms with Crippen LogP contribution in [0.5, 0.6) is 0 Å². The number of rotatable bonds is 6. The van der Waals surface area contributed by atoms with Crippen LogP contribution in [0.25, 0.3) is 0 Å². The summed E-state index contributed by atoms with van der Waals surface area (Å²) < 4.78 is 0. The van der Waals surface area contributed by atoms with E-state index in [1.54, 1.807) is 14.0 Å². The van der Waals surface area contributed by atoms with Gasteiger partial charge in [-0.15, -0.1) is 0 Å². The molecule has 0 bridgehead atoms. The molecule has 2 atom stereocenters. The lowest BCUT2D eigenvalue weighted by Gasteiger charge is -2.22. The summed E-state index contributed by atoms with van der Waals surface area (Å²) in [4.78, 5) is 22.6. The predicted molar refractivity (Wildman–Crippen MR) is 59.1 cm³/mol. The molecule has 0 saturated heterocycles. The van der Waals surface area contributed by atoms with Crippen LogP contribution in [0.3, 0.4) is 0 Å². The Morgan fingerprint density at radius 1 is 1.33 bits per heavy atom. The maximum absolute atomic E-state index is 11.7. The average Bonchev–Trinajstić information content (AvgIpc) is 2.14. The van der Waals surface area contributed by atoms with Gasteiger partial charge in [0.1, 0.15) is 6.04 Å². The molecule has 0 radical (unpaired) electrons. The van der Waals surface area contributed by atoms with E-state index in [2.05, 4.69) is 10.6 Å². The molecular formula is C10H21N3O2. The third-order valence-electron chi connectivity index (χ3n) is 2.33. The SMILES string of the molecule is CCC(NC(=O)C(NC)C(C)C)C(N)=O. The number of hydrogen-bond acceptors (Lipinski definition) is 3. The van der Waals surface area contributed by atoms with Crippen molar-refractivity contribution < 1.29 is 9.59 Å². The van der Waals surface area contributed by atoms with Crippen molar-refractivity contribution in [2.75, 3.05) is 7.05 Å². The van der Waals surface area contributed by atoms with Gasteiger partial charge >= 0.3 is 0 Å². The van der Waals surface area contributed by atoms with E-state index in [0.717, 1.165) is 0 Å². The molecule has 0 spiro atoms. The van der Waals surface area contributed by atoms with Crippen molar-refractivity contribution in [3.8, 4) is 0 Å². The van der Waals surface area contributed by atoms with Crippen molar-refractivity contribution in [1.82, 2.24) is 10.6 Å². The quantitative estimate of drug-likeness (QED) is 0.564. The number of carbonyl (C=O) groups excluding carboxylic acids is 2. The molecular weight excluding hydrogens is 194 g/mol. The molecule has 2 unspecified atom stereocenters. The number of amides is 2. The number of hydrogen-bond donors (Lipinski definition) is 3. The first-order valence-corrected chi connectivity index (χ1v) is 5.21. The molecule has 2 amide bonds. The summed E-state index contributed by atoms with van der Waals surface area (Å²) in [5, 5.41) is 5.53. The minimum absolute atomic E-state index is 0.167. The number of nitrogens with two attached hydrogens (primary N) is 1. The highest BCUT2D eigenvalue weighted by molar-refractivity contribution is 5.89. The van der Waals surface area contributed by atoms with E-state index in [1.807, 2.05) is 13.8 Å². The molecule has 0 aromatic rings. The van der Waals surface area contributed by atoms with Crippen molar-refractivity contribution in [2.45, 2.75) is 39.3 Å². The van der Waals surface area contributed by atoms with Crippen LogP contribution in [0.1, 0.15) is 27.2 Å². The molecule has 0 rings (SSSR count). The lowest BCUT2D eigenvalue weighted by atomic mass is 10.0. The van der Waals surface area contributed by atoms with Crippen LogP contribution in [-0.4, -0.2) is 30.9 Å². The monoisotopic (exact) mass is 215 g/mol. The standard InChI is InChI=1S/C10H21N3O2/c1-5-7(9(11)14)13-10(15)8(12-4)6(2)3/h6-8,12H,5H2,1-4H3,(H2,11,14)(H,13,15). The predicted octanol–water partition coefficient (Wildman–Crippen LogP) is -0.389. The summed E-state index contributed by atoms with van der Waals surface area (Å²) in [5.74, 6) is -0.511. The molecule has 4 N–H and O–H groups in total. The van der Waals surface area contributed by atoms with Crippen molar-refractivity contribution in [1.29, 1.82) is 0 Å². The van der Waals surface area contributed by atoms with Crippen LogP contribution in [0.15, 0.2) is 0 Å². The van der Waals surface area contributed by atoms with E-state index >= 15 is 0 Å². The van der Waals surface area contributed by atoms with Gasteiger partial charge in [0, 0.05) is 0 Å². The second-order valence-corrected chi connectivity index (χ2v) is 3.88. The zero-order valence-electron chi connectivity index (χ0n) is 9.83. The summed E-state index contributed by atoms with van der Waals surface area (Å²) >= 11 is 0. The van der Waals surface area contributed by atoms with E-state index in [0.29, 0.717) is 6.42 Å². The van der Waals surface area contributed by atoms with Gasteiger partial charge in [-0.25, -0.2) is 0 Å². The van der Waals surface area contributed by atoms with Crippen LogP contribution in [-0.2, 0) is 9.59 Å². The van der Waals surface area contributed by atoms with Gasteiger partial charge in [0.2, 0.25) is 11.8 Å². The summed E-state index contributed by atoms with van der Waals surface area (Å²) in [7, 11) is 1.72. The van der Waals surface area contributed by atoms with Gasteiger partial charge in [0.15, 0.2) is 0 Å². The Labute approximate surface area is 90.8 Å². The fourth-order valence-electron chi connectivity index (χ4n) is 1.40. The van der Waals surface area contributed by atoms with Crippen LogP contribution in [0.4, 0.5) is 0 Å². The summed E-state index contributed by atoms with van der Waals surface area (Å²) in [6.45, 7) is 5.68. The highest BCUT2D eigenvalue weighted by atomic mass is 16.2. The van der Waals surface area contributed by atoms with E-state index < -0.39 is 11.9 Å². The fraction of sp³-hybridized carbons (Fsp3) is 0.800. The smallest absolute Gasteiger partial charge is 0.239 e. The minimum atomic E-state index is -0.577. The third-order valence-corrected chi connectivity index (χ3v) is 2.33. The van der Waals surface area contributed by atoms with Gasteiger partial charge in [-0.1, -0.05) is 20.8 Å². The van der Waals surface area contributed by atoms with Crippen molar-refractivity contribution in [2.24, 2.45) is 11.7 Å². The zero-order valence-corrected chi connectivity index (χ0v) is 9.83. The summed E-state index contributed by atoms with van der Waals surface area (Å²) in [6, 6.07) is -0.870. The van der Waals surface area contributed by atoms with Crippen molar-refractivity contribution in [3.63, 3.8) is 0 Å². The second-order valence-electron chi connectivity index (χ2n) is 3.88. The molecule has 15 heavy (non-hydrogen) atoms. The first-order chi connectivity index (χ1) is 6.93. The largest absolute Gasteiger partial charge is 0.368 e. The molecule has 5 nitrogen and oxygen atoms in total. The van der Waals surface area contributed by atoms with Gasteiger partial charge in [0.25, 0.3) is 0 Å². The molecule has 0 aliphatic heterocycles. The maximum atomic E-state index is 11.7. The van der Waals surface area contributed by atoms with Crippen LogP contribution in [0.2, 0.25) is 0 Å². The van der Waals surface area contributed by atoms with Gasteiger partial charge in [0.05, 0.1) is 6.04 Å². The van der Waals surface area contributed by atoms with Crippen LogP contribution in [0, 0.1) is 5.92 Å². The van der Waals surface area contributed by atoms with E-state index in [9.17, 15) is 9.59 Å². The van der Waals surface area contributed by atoms with Gasteiger partial charge in [-0.2, -0.15) is 0 Å². The summed E-state index contributed by atoms with van der Waals surface area (Å²) in [5.41, 5.74) is 5.14. The first kappa shape index (κ1) is 13.9. The zero-order chi connectivity index (χ0) is 12.0. The molecule has 0 fully saturated rings. The summed E-state index contributed by atoms with van der Waals surface area (Å²) in [6.07, 6.45) is 0.510. The lowest BCUT2D eigenvalue weighted by molar-refractivity contribution is -0.129. The van der Waals surface area contributed by atoms with Crippen LogP contribution < -0.4 is 16.4 Å². The average molecular weight is 215 g/mol. The normalized spacial score (nSPS) is 14.7. The van der Waals surface area contributed by atoms with Gasteiger partial charge in [-0.3, -0.25) is 9.59 Å². The van der Waals surface area contributed by atoms with Gasteiger partial charge in [-0.05, 0) is 19.4 Å². The highest BCUT2D eigenvalue weighted by Gasteiger charge is 2.23. The lowest BCUT2D eigenvalue weighted by Crippen LogP contribution is -2.52. The Kier molecular flexibility index (Phi) is 5.93. The molecule has 0 heterocycles. The number of nitrogens with one attached hydrogen (secondary N) is 2. The highest BCUT2D eigenvalue weighted by Crippen LogP contribution is 2.02. The second kappa shape index (κ2) is 6.40. The Bertz CT molecular complexity index is 229. The molecule has 0 saturated carbocycles. The number of carbonyl (C=O) groups is 2. The first-order valence-electron chi connectivity index (χ1n) is 5.21. The molecule has 0 aromatic heterocycles. The Morgan fingerprint density at radius 2 is 1.87 bits per heavy atom. The molecule has 0 aliphatic carbocycles. The minimum Gasteiger partial charge on any atom is -0.368 e. The Balaban J connectivity index is 4.38. The van der Waals surface area contributed by atoms with E-state index in [-0.39, 0.29) is 17.9 Å². The van der Waals surface area contributed by atoms with Crippen LogP contribution >= 0.6 is 0 Å². The number of likely N-dealkylation sites (N-methyl/N-ethyl adjacent to an activating group) is 1. The molecule has 5 heteroatoms. The van der Waals surface area contributed by atoms with Crippen molar-refractivity contribution in [3.05, 3.63) is 0 Å². The Hall–Kier alpha value is -1.10. The number of primary amides is 1. The van der Waals surface area contributed by atoms with Crippen molar-refractivity contribution >= 4 is 11.8 Å². The Morgan fingerprint density at radius 3 is 2.13 bits per heavy atom. The van der Waals surface area contributed by atoms with E-state index in [4.69, 9.17) is 5.73 Å². The molecule has 88 valence electrons. The maximum Gasteiger partial charge on any atom is 0.239 e. The van der Waals surface area contributed by atoms with E-state index in [1.165, 1.54) is 0 Å². The van der Waals surface area contributed by atoms with Gasteiger partial charge < -0.3 is 16.4 Å². The topological polar surface area (TPSA) is 84.2 Å². The molecule has 0 aromatic carbocycles. The fourth-order valence-corrected chi connectivity index (χ4v) is 1.40. The molecule has 0 aliphatic rings. The third kappa shape index (κ3) is 4.29.